The van der Waals surface area contributed by atoms with Gasteiger partial charge in [-0.1, -0.05) is 36.8 Å². The van der Waals surface area contributed by atoms with E-state index in [9.17, 15) is 0 Å². The Kier molecular flexibility index (Phi) is 5.75. The maximum Gasteiger partial charge on any atom is 0.0270 e. The average Bonchev–Trinajstić information content (AvgIpc) is 2.46. The normalized spacial score (nSPS) is 12.3. The molecule has 1 heterocycles. The van der Waals surface area contributed by atoms with Gasteiger partial charge in [0.05, 0.1) is 0 Å². The van der Waals surface area contributed by atoms with Gasteiger partial charge < -0.3 is 5.32 Å². The van der Waals surface area contributed by atoms with Crippen molar-refractivity contribution in [3.63, 3.8) is 0 Å². The van der Waals surface area contributed by atoms with Gasteiger partial charge in [-0.2, -0.15) is 0 Å². The fraction of sp³-hybridized carbons (Fsp3) is 0.389. The smallest absolute Gasteiger partial charge is 0.0270 e. The Morgan fingerprint density at radius 1 is 1.10 bits per heavy atom. The number of hydrogen-bond donors (Lipinski definition) is 1. The molecule has 2 rings (SSSR count). The maximum atomic E-state index is 4.07. The SMILES string of the molecule is CCNC(CCc1ccncc1)Cc1cccc(C)c1. The van der Waals surface area contributed by atoms with Crippen molar-refractivity contribution >= 4 is 0 Å². The lowest BCUT2D eigenvalue weighted by atomic mass is 9.98. The topological polar surface area (TPSA) is 24.9 Å². The molecule has 0 aliphatic carbocycles. The number of likely N-dealkylation sites (N-methyl/N-ethyl adjacent to an activating group) is 1. The summed E-state index contributed by atoms with van der Waals surface area (Å²) in [5.74, 6) is 0. The largest absolute Gasteiger partial charge is 0.314 e. The van der Waals surface area contributed by atoms with E-state index in [4.69, 9.17) is 0 Å². The number of pyridine rings is 1. The maximum absolute atomic E-state index is 4.07. The highest BCUT2D eigenvalue weighted by atomic mass is 14.9. The molecule has 0 spiro atoms. The zero-order chi connectivity index (χ0) is 14.2. The molecule has 1 aromatic carbocycles. The Labute approximate surface area is 122 Å². The fourth-order valence-electron chi connectivity index (χ4n) is 2.58. The van der Waals surface area contributed by atoms with Gasteiger partial charge in [-0.3, -0.25) is 4.98 Å². The summed E-state index contributed by atoms with van der Waals surface area (Å²) in [6, 6.07) is 13.6. The fourth-order valence-corrected chi connectivity index (χ4v) is 2.58. The summed E-state index contributed by atoms with van der Waals surface area (Å²) in [5.41, 5.74) is 4.13. The van der Waals surface area contributed by atoms with E-state index in [1.807, 2.05) is 12.4 Å². The third kappa shape index (κ3) is 4.78. The van der Waals surface area contributed by atoms with Crippen molar-refractivity contribution in [3.8, 4) is 0 Å². The molecule has 2 heteroatoms. The predicted octanol–water partition coefficient (Wildman–Crippen LogP) is 3.54. The second kappa shape index (κ2) is 7.81. The van der Waals surface area contributed by atoms with Gasteiger partial charge in [0.1, 0.15) is 0 Å². The van der Waals surface area contributed by atoms with Crippen LogP contribution < -0.4 is 5.32 Å². The van der Waals surface area contributed by atoms with Crippen molar-refractivity contribution < 1.29 is 0 Å². The number of nitrogens with one attached hydrogen (secondary N) is 1. The minimum Gasteiger partial charge on any atom is -0.314 e. The summed E-state index contributed by atoms with van der Waals surface area (Å²) in [5, 5.41) is 3.61. The zero-order valence-corrected chi connectivity index (χ0v) is 12.5. The number of hydrogen-bond acceptors (Lipinski definition) is 2. The molecule has 0 radical (unpaired) electrons. The summed E-state index contributed by atoms with van der Waals surface area (Å²) in [4.78, 5) is 4.07. The molecule has 0 bridgehead atoms. The summed E-state index contributed by atoms with van der Waals surface area (Å²) in [6.07, 6.45) is 7.11. The van der Waals surface area contributed by atoms with Crippen molar-refractivity contribution in [3.05, 3.63) is 65.5 Å². The van der Waals surface area contributed by atoms with E-state index in [0.29, 0.717) is 6.04 Å². The van der Waals surface area contributed by atoms with Gasteiger partial charge in [0.2, 0.25) is 0 Å². The van der Waals surface area contributed by atoms with Crippen molar-refractivity contribution in [2.24, 2.45) is 0 Å². The summed E-state index contributed by atoms with van der Waals surface area (Å²) >= 11 is 0. The van der Waals surface area contributed by atoms with Crippen LogP contribution in [-0.2, 0) is 12.8 Å². The molecule has 1 N–H and O–H groups in total. The van der Waals surface area contributed by atoms with Crippen LogP contribution in [0.3, 0.4) is 0 Å². The molecule has 0 amide bonds. The van der Waals surface area contributed by atoms with Crippen LogP contribution >= 0.6 is 0 Å². The van der Waals surface area contributed by atoms with E-state index in [0.717, 1.165) is 25.8 Å². The molecule has 0 saturated heterocycles. The highest BCUT2D eigenvalue weighted by Gasteiger charge is 2.08. The van der Waals surface area contributed by atoms with Crippen LogP contribution in [0.25, 0.3) is 0 Å². The quantitative estimate of drug-likeness (QED) is 0.830. The molecule has 1 unspecified atom stereocenters. The summed E-state index contributed by atoms with van der Waals surface area (Å²) < 4.78 is 0. The minimum absolute atomic E-state index is 0.537. The van der Waals surface area contributed by atoms with Gasteiger partial charge in [-0.25, -0.2) is 0 Å². The Hall–Kier alpha value is -1.67. The Morgan fingerprint density at radius 3 is 2.60 bits per heavy atom. The van der Waals surface area contributed by atoms with Crippen LogP contribution in [-0.4, -0.2) is 17.6 Å². The number of rotatable bonds is 7. The van der Waals surface area contributed by atoms with E-state index < -0.39 is 0 Å². The number of aryl methyl sites for hydroxylation is 2. The molecule has 1 aromatic heterocycles. The van der Waals surface area contributed by atoms with E-state index in [1.54, 1.807) is 0 Å². The van der Waals surface area contributed by atoms with Gasteiger partial charge in [0.25, 0.3) is 0 Å². The lowest BCUT2D eigenvalue weighted by molar-refractivity contribution is 0.491. The predicted molar refractivity (Wildman–Crippen MR) is 84.9 cm³/mol. The van der Waals surface area contributed by atoms with Crippen molar-refractivity contribution in [2.75, 3.05) is 6.54 Å². The van der Waals surface area contributed by atoms with Crippen LogP contribution in [0.2, 0.25) is 0 Å². The molecule has 0 fully saturated rings. The molecule has 2 aromatic rings. The van der Waals surface area contributed by atoms with Gasteiger partial charge in [-0.05, 0) is 56.0 Å². The highest BCUT2D eigenvalue weighted by molar-refractivity contribution is 5.23. The highest BCUT2D eigenvalue weighted by Crippen LogP contribution is 2.11. The number of nitrogens with zero attached hydrogens (tertiary/aromatic N) is 1. The Balaban J connectivity index is 1.93. The molecular weight excluding hydrogens is 244 g/mol. The average molecular weight is 268 g/mol. The van der Waals surface area contributed by atoms with Crippen LogP contribution in [0.15, 0.2) is 48.8 Å². The molecule has 106 valence electrons. The number of aromatic nitrogens is 1. The van der Waals surface area contributed by atoms with Crippen LogP contribution in [0.1, 0.15) is 30.0 Å². The van der Waals surface area contributed by atoms with E-state index >= 15 is 0 Å². The summed E-state index contributed by atoms with van der Waals surface area (Å²) in [6.45, 7) is 5.35. The van der Waals surface area contributed by atoms with Crippen LogP contribution in [0.5, 0.6) is 0 Å². The third-order valence-corrected chi connectivity index (χ3v) is 3.59. The van der Waals surface area contributed by atoms with Gasteiger partial charge in [-0.15, -0.1) is 0 Å². The first-order valence-corrected chi connectivity index (χ1v) is 7.45. The molecule has 20 heavy (non-hydrogen) atoms. The van der Waals surface area contributed by atoms with Crippen molar-refractivity contribution in [1.29, 1.82) is 0 Å². The number of benzene rings is 1. The lowest BCUT2D eigenvalue weighted by Gasteiger charge is -2.18. The first-order chi connectivity index (χ1) is 9.78. The lowest BCUT2D eigenvalue weighted by Crippen LogP contribution is -2.31. The zero-order valence-electron chi connectivity index (χ0n) is 12.5. The molecule has 2 nitrogen and oxygen atoms in total. The minimum atomic E-state index is 0.537. The van der Waals surface area contributed by atoms with E-state index in [-0.39, 0.29) is 0 Å². The molecule has 0 aliphatic heterocycles. The second-order valence-corrected chi connectivity index (χ2v) is 5.34. The van der Waals surface area contributed by atoms with Crippen LogP contribution in [0.4, 0.5) is 0 Å². The Morgan fingerprint density at radius 2 is 1.90 bits per heavy atom. The van der Waals surface area contributed by atoms with Crippen molar-refractivity contribution in [2.45, 2.75) is 39.2 Å². The Bertz CT molecular complexity index is 508. The molecule has 1 atom stereocenters. The van der Waals surface area contributed by atoms with E-state index in [1.165, 1.54) is 16.7 Å². The van der Waals surface area contributed by atoms with Gasteiger partial charge in [0.15, 0.2) is 0 Å². The van der Waals surface area contributed by atoms with Gasteiger partial charge >= 0.3 is 0 Å². The summed E-state index contributed by atoms with van der Waals surface area (Å²) in [7, 11) is 0. The first-order valence-electron chi connectivity index (χ1n) is 7.45. The third-order valence-electron chi connectivity index (χ3n) is 3.59. The standard InChI is InChI=1S/C18H24N2/c1-3-20-18(8-7-16-9-11-19-12-10-16)14-17-6-4-5-15(2)13-17/h4-6,9-13,18,20H,3,7-8,14H2,1-2H3. The second-order valence-electron chi connectivity index (χ2n) is 5.34. The van der Waals surface area contributed by atoms with Crippen LogP contribution in [0, 0.1) is 6.92 Å². The molecular formula is C18H24N2. The molecule has 0 aliphatic rings. The first kappa shape index (κ1) is 14.7. The van der Waals surface area contributed by atoms with Gasteiger partial charge in [0, 0.05) is 18.4 Å². The van der Waals surface area contributed by atoms with Crippen molar-refractivity contribution in [1.82, 2.24) is 10.3 Å². The molecule has 0 saturated carbocycles. The van der Waals surface area contributed by atoms with E-state index in [2.05, 4.69) is 60.5 Å². The monoisotopic (exact) mass is 268 g/mol.